The molecule has 0 saturated carbocycles. The smallest absolute Gasteiger partial charge is 0.274 e. The van der Waals surface area contributed by atoms with Crippen LogP contribution in [0.15, 0.2) is 71.9 Å². The maximum Gasteiger partial charge on any atom is 0.274 e. The first kappa shape index (κ1) is 30.7. The van der Waals surface area contributed by atoms with Crippen molar-refractivity contribution in [3.63, 3.8) is 0 Å². The van der Waals surface area contributed by atoms with Crippen LogP contribution in [0, 0.1) is 17.5 Å². The summed E-state index contributed by atoms with van der Waals surface area (Å²) in [6.07, 6.45) is 5.00. The second-order valence-corrected chi connectivity index (χ2v) is 12.2. The molecular formula is C33H31F3N6O5. The first-order valence-electron chi connectivity index (χ1n) is 15.2. The summed E-state index contributed by atoms with van der Waals surface area (Å²) >= 11 is 0. The van der Waals surface area contributed by atoms with Crippen LogP contribution < -0.4 is 15.9 Å². The number of pyridine rings is 1. The minimum absolute atomic E-state index is 0.0476. The highest BCUT2D eigenvalue weighted by Gasteiger charge is 2.57. The summed E-state index contributed by atoms with van der Waals surface area (Å²) in [4.78, 5) is 48.7. The number of halogens is 3. The molecule has 2 aromatic heterocycles. The molecule has 14 heteroatoms. The Morgan fingerprint density at radius 1 is 1.13 bits per heavy atom. The molecule has 3 aliphatic heterocycles. The molecule has 4 atom stereocenters. The molecule has 2 saturated heterocycles. The van der Waals surface area contributed by atoms with Crippen molar-refractivity contribution in [1.82, 2.24) is 24.3 Å². The van der Waals surface area contributed by atoms with Gasteiger partial charge in [0, 0.05) is 55.3 Å². The van der Waals surface area contributed by atoms with Crippen molar-refractivity contribution in [2.75, 3.05) is 6.54 Å². The number of benzene rings is 2. The van der Waals surface area contributed by atoms with Crippen molar-refractivity contribution >= 4 is 11.8 Å². The van der Waals surface area contributed by atoms with Gasteiger partial charge in [0.15, 0.2) is 11.4 Å². The summed E-state index contributed by atoms with van der Waals surface area (Å²) in [5.41, 5.74) is 3.67. The Kier molecular flexibility index (Phi) is 7.63. The number of hydrogen-bond donors (Lipinski definition) is 1. The Labute approximate surface area is 266 Å². The highest BCUT2D eigenvalue weighted by molar-refractivity contribution is 5.99. The minimum Gasteiger partial charge on any atom is -0.483 e. The van der Waals surface area contributed by atoms with Gasteiger partial charge in [-0.1, -0.05) is 30.3 Å². The van der Waals surface area contributed by atoms with E-state index in [1.807, 2.05) is 13.0 Å². The van der Waals surface area contributed by atoms with Gasteiger partial charge in [-0.05, 0) is 31.4 Å². The normalized spacial score (nSPS) is 24.0. The summed E-state index contributed by atoms with van der Waals surface area (Å²) in [7, 11) is 0. The van der Waals surface area contributed by atoms with Gasteiger partial charge in [-0.25, -0.2) is 13.2 Å². The Balaban J connectivity index is 1.36. The SMILES string of the molecule is C[C@H]1CC[C@]2(CC(n3cccn3)N(Cc3c(F)cc(F)cc3F)O2)[C@H]2CN1C(=O)c1c(OCc3ccccc3)c(=O)c(C(N)=O)cn12. The fourth-order valence-electron chi connectivity index (χ4n) is 6.96. The average molecular weight is 649 g/mol. The van der Waals surface area contributed by atoms with Gasteiger partial charge < -0.3 is 19.9 Å². The van der Waals surface area contributed by atoms with Crippen LogP contribution in [0.4, 0.5) is 13.2 Å². The topological polar surface area (TPSA) is 125 Å². The molecule has 0 aliphatic carbocycles. The van der Waals surface area contributed by atoms with Gasteiger partial charge in [0.05, 0.1) is 12.6 Å². The first-order valence-corrected chi connectivity index (χ1v) is 15.2. The van der Waals surface area contributed by atoms with E-state index in [-0.39, 0.29) is 54.7 Å². The van der Waals surface area contributed by atoms with E-state index < -0.39 is 52.5 Å². The fourth-order valence-corrected chi connectivity index (χ4v) is 6.96. The summed E-state index contributed by atoms with van der Waals surface area (Å²) in [6, 6.07) is 11.0. The molecule has 47 heavy (non-hydrogen) atoms. The lowest BCUT2D eigenvalue weighted by molar-refractivity contribution is -0.235. The number of aromatic nitrogens is 3. The lowest BCUT2D eigenvalue weighted by Gasteiger charge is -2.42. The first-order chi connectivity index (χ1) is 22.6. The Bertz CT molecular complexity index is 1900. The predicted molar refractivity (Wildman–Crippen MR) is 160 cm³/mol. The Morgan fingerprint density at radius 2 is 1.87 bits per heavy atom. The second-order valence-electron chi connectivity index (χ2n) is 12.2. The molecule has 244 valence electrons. The van der Waals surface area contributed by atoms with Gasteiger partial charge in [-0.2, -0.15) is 10.2 Å². The molecule has 2 fully saturated rings. The molecule has 4 aromatic rings. The number of hydrogen-bond acceptors (Lipinski definition) is 7. The number of nitrogens with zero attached hydrogens (tertiary/aromatic N) is 5. The molecule has 0 radical (unpaired) electrons. The van der Waals surface area contributed by atoms with Crippen LogP contribution in [0.2, 0.25) is 0 Å². The quantitative estimate of drug-likeness (QED) is 0.320. The summed E-state index contributed by atoms with van der Waals surface area (Å²) in [5, 5.41) is 5.78. The Hall–Kier alpha value is -4.95. The van der Waals surface area contributed by atoms with Crippen LogP contribution >= 0.6 is 0 Å². The standard InChI is InChI=1S/C33H31F3N6O5/c1-19-8-9-33(14-27(41-11-5-10-38-41)42(47-33)16-22-24(35)12-21(34)13-25(22)36)26-17-39(19)32(45)28-30(46-18-20-6-3-2-4-7-20)29(43)23(31(37)44)15-40(26)28/h2-7,10-13,15,19,26-27H,8-9,14,16-18H2,1H3,(H2,37,44)/t19-,26+,27?,33-/m0/s1. The van der Waals surface area contributed by atoms with E-state index in [4.69, 9.17) is 15.3 Å². The van der Waals surface area contributed by atoms with Crippen LogP contribution in [-0.2, 0) is 18.0 Å². The van der Waals surface area contributed by atoms with Crippen LogP contribution in [0.5, 0.6) is 5.75 Å². The zero-order valence-electron chi connectivity index (χ0n) is 25.3. The maximum absolute atomic E-state index is 14.9. The van der Waals surface area contributed by atoms with E-state index in [0.717, 1.165) is 5.56 Å². The zero-order chi connectivity index (χ0) is 33.0. The van der Waals surface area contributed by atoms with Gasteiger partial charge in [-0.3, -0.25) is 23.9 Å². The number of carbonyl (C=O) groups excluding carboxylic acids is 2. The number of amides is 2. The number of rotatable bonds is 7. The number of ether oxygens (including phenoxy) is 1. The van der Waals surface area contributed by atoms with E-state index >= 15 is 0 Å². The number of primary amides is 1. The molecule has 2 bridgehead atoms. The highest BCUT2D eigenvalue weighted by Crippen LogP contribution is 2.51. The number of fused-ring (bicyclic) bond motifs is 5. The van der Waals surface area contributed by atoms with Gasteiger partial charge in [0.25, 0.3) is 11.8 Å². The maximum atomic E-state index is 14.9. The van der Waals surface area contributed by atoms with Crippen molar-refractivity contribution in [2.24, 2.45) is 5.73 Å². The predicted octanol–water partition coefficient (Wildman–Crippen LogP) is 4.09. The lowest BCUT2D eigenvalue weighted by Crippen LogP contribution is -2.52. The third kappa shape index (κ3) is 5.26. The molecular weight excluding hydrogens is 617 g/mol. The molecule has 5 heterocycles. The molecule has 1 unspecified atom stereocenters. The van der Waals surface area contributed by atoms with E-state index in [1.165, 1.54) is 11.3 Å². The van der Waals surface area contributed by atoms with Crippen LogP contribution in [0.25, 0.3) is 0 Å². The van der Waals surface area contributed by atoms with Gasteiger partial charge >= 0.3 is 0 Å². The third-order valence-corrected chi connectivity index (χ3v) is 9.39. The van der Waals surface area contributed by atoms with Gasteiger partial charge in [0.1, 0.15) is 41.4 Å². The van der Waals surface area contributed by atoms with Crippen molar-refractivity contribution in [3.05, 3.63) is 117 Å². The molecule has 3 aliphatic rings. The number of hydroxylamine groups is 2. The lowest BCUT2D eigenvalue weighted by atomic mass is 9.84. The summed E-state index contributed by atoms with van der Waals surface area (Å²) in [5.74, 6) is -4.92. The average Bonchev–Trinajstić information content (AvgIpc) is 3.68. The van der Waals surface area contributed by atoms with Gasteiger partial charge in [0.2, 0.25) is 5.43 Å². The molecule has 11 nitrogen and oxygen atoms in total. The molecule has 2 amide bonds. The number of nitrogens with two attached hydrogens (primary N) is 1. The van der Waals surface area contributed by atoms with Crippen molar-refractivity contribution in [3.8, 4) is 5.75 Å². The van der Waals surface area contributed by atoms with Crippen LogP contribution in [-0.4, -0.2) is 54.3 Å². The number of carbonyl (C=O) groups is 2. The highest BCUT2D eigenvalue weighted by atomic mass is 19.1. The third-order valence-electron chi connectivity index (χ3n) is 9.39. The zero-order valence-corrected chi connectivity index (χ0v) is 25.3. The minimum atomic E-state index is -1.12. The summed E-state index contributed by atoms with van der Waals surface area (Å²) in [6.45, 7) is 1.60. The largest absolute Gasteiger partial charge is 0.483 e. The molecule has 7 rings (SSSR count). The molecule has 2 N–H and O–H groups in total. The van der Waals surface area contributed by atoms with Crippen LogP contribution in [0.3, 0.4) is 0 Å². The van der Waals surface area contributed by atoms with E-state index in [0.29, 0.717) is 25.0 Å². The van der Waals surface area contributed by atoms with Crippen molar-refractivity contribution < 1.29 is 32.3 Å². The van der Waals surface area contributed by atoms with Gasteiger partial charge in [-0.15, -0.1) is 0 Å². The van der Waals surface area contributed by atoms with Crippen LogP contribution in [0.1, 0.15) is 70.4 Å². The second kappa shape index (κ2) is 11.7. The van der Waals surface area contributed by atoms with E-state index in [2.05, 4.69) is 5.10 Å². The van der Waals surface area contributed by atoms with E-state index in [9.17, 15) is 27.6 Å². The summed E-state index contributed by atoms with van der Waals surface area (Å²) < 4.78 is 52.7. The fraction of sp³-hybridized carbons (Fsp3) is 0.333. The molecule has 1 spiro atoms. The molecule has 2 aromatic carbocycles. The monoisotopic (exact) mass is 648 g/mol. The van der Waals surface area contributed by atoms with E-state index in [1.54, 1.807) is 56.9 Å². The van der Waals surface area contributed by atoms with Crippen molar-refractivity contribution in [1.29, 1.82) is 0 Å². The van der Waals surface area contributed by atoms with Crippen molar-refractivity contribution in [2.45, 2.75) is 63.2 Å². The Morgan fingerprint density at radius 3 is 2.55 bits per heavy atom.